The Morgan fingerprint density at radius 3 is 2.64 bits per heavy atom. The second-order valence-electron chi connectivity index (χ2n) is 5.85. The van der Waals surface area contributed by atoms with Gasteiger partial charge in [0, 0.05) is 23.1 Å². The molecule has 0 unspecified atom stereocenters. The van der Waals surface area contributed by atoms with Gasteiger partial charge in [-0.15, -0.1) is 0 Å². The van der Waals surface area contributed by atoms with E-state index >= 15 is 0 Å². The Morgan fingerprint density at radius 1 is 1.16 bits per heavy atom. The van der Waals surface area contributed by atoms with E-state index in [1.54, 1.807) is 36.0 Å². The van der Waals surface area contributed by atoms with Crippen molar-refractivity contribution in [2.75, 3.05) is 25.1 Å². The highest BCUT2D eigenvalue weighted by molar-refractivity contribution is 9.10. The third-order valence-electron chi connectivity index (χ3n) is 4.36. The molecule has 0 aliphatic carbocycles. The molecule has 1 aliphatic heterocycles. The lowest BCUT2D eigenvalue weighted by Gasteiger charge is -2.39. The van der Waals surface area contributed by atoms with Gasteiger partial charge in [-0.05, 0) is 37.3 Å². The molecule has 3 rings (SSSR count). The summed E-state index contributed by atoms with van der Waals surface area (Å²) in [5.41, 5.74) is 1.30. The maximum absolute atomic E-state index is 12.9. The van der Waals surface area contributed by atoms with Gasteiger partial charge >= 0.3 is 0 Å². The third-order valence-corrected chi connectivity index (χ3v) is 4.86. The van der Waals surface area contributed by atoms with Crippen LogP contribution in [0.3, 0.4) is 0 Å². The first-order valence-corrected chi connectivity index (χ1v) is 8.83. The van der Waals surface area contributed by atoms with Crippen molar-refractivity contribution in [1.82, 2.24) is 4.90 Å². The first-order chi connectivity index (χ1) is 12.0. The summed E-state index contributed by atoms with van der Waals surface area (Å²) in [4.78, 5) is 29.0. The minimum Gasteiger partial charge on any atom is -0.495 e. The zero-order chi connectivity index (χ0) is 18.0. The molecular weight excluding hydrogens is 384 g/mol. The van der Waals surface area contributed by atoms with Crippen LogP contribution in [0.5, 0.6) is 5.75 Å². The molecule has 130 valence electrons. The van der Waals surface area contributed by atoms with Crippen molar-refractivity contribution in [3.63, 3.8) is 0 Å². The van der Waals surface area contributed by atoms with Crippen molar-refractivity contribution in [2.24, 2.45) is 0 Å². The van der Waals surface area contributed by atoms with Crippen LogP contribution in [0.2, 0.25) is 0 Å². The van der Waals surface area contributed by atoms with E-state index in [1.165, 1.54) is 0 Å². The molecule has 0 aromatic heterocycles. The average molecular weight is 403 g/mol. The predicted molar refractivity (Wildman–Crippen MR) is 100.0 cm³/mol. The van der Waals surface area contributed by atoms with Crippen LogP contribution in [-0.2, 0) is 4.79 Å². The number of piperazine rings is 1. The van der Waals surface area contributed by atoms with Gasteiger partial charge in [0.05, 0.1) is 12.8 Å². The van der Waals surface area contributed by atoms with Gasteiger partial charge in [0.1, 0.15) is 11.8 Å². The third kappa shape index (κ3) is 3.39. The summed E-state index contributed by atoms with van der Waals surface area (Å²) in [5, 5.41) is 0. The normalized spacial score (nSPS) is 17.6. The summed E-state index contributed by atoms with van der Waals surface area (Å²) < 4.78 is 6.20. The highest BCUT2D eigenvalue weighted by atomic mass is 79.9. The fourth-order valence-corrected chi connectivity index (χ4v) is 3.43. The minimum absolute atomic E-state index is 0.112. The number of carbonyl (C=O) groups is 2. The van der Waals surface area contributed by atoms with Gasteiger partial charge in [-0.1, -0.05) is 34.1 Å². The smallest absolute Gasteiger partial charge is 0.254 e. The predicted octanol–water partition coefficient (Wildman–Crippen LogP) is 3.34. The number of para-hydroxylation sites is 2. The molecule has 1 fully saturated rings. The van der Waals surface area contributed by atoms with Crippen LogP contribution >= 0.6 is 15.9 Å². The lowest BCUT2D eigenvalue weighted by Crippen LogP contribution is -2.57. The molecule has 1 atom stereocenters. The quantitative estimate of drug-likeness (QED) is 0.790. The number of nitrogens with zero attached hydrogens (tertiary/aromatic N) is 2. The van der Waals surface area contributed by atoms with Crippen molar-refractivity contribution < 1.29 is 14.3 Å². The Labute approximate surface area is 155 Å². The molecule has 1 aliphatic rings. The number of amides is 2. The number of halogens is 1. The lowest BCUT2D eigenvalue weighted by molar-refractivity contribution is -0.124. The number of anilines is 1. The van der Waals surface area contributed by atoms with Crippen molar-refractivity contribution in [1.29, 1.82) is 0 Å². The second-order valence-corrected chi connectivity index (χ2v) is 6.76. The monoisotopic (exact) mass is 402 g/mol. The summed E-state index contributed by atoms with van der Waals surface area (Å²) in [6.07, 6.45) is 0. The highest BCUT2D eigenvalue weighted by Gasteiger charge is 2.36. The molecule has 0 N–H and O–H groups in total. The van der Waals surface area contributed by atoms with Crippen molar-refractivity contribution >= 4 is 33.4 Å². The second kappa shape index (κ2) is 7.27. The molecule has 0 saturated carbocycles. The van der Waals surface area contributed by atoms with E-state index < -0.39 is 6.04 Å². The van der Waals surface area contributed by atoms with E-state index in [1.807, 2.05) is 36.4 Å². The average Bonchev–Trinajstić information content (AvgIpc) is 2.63. The van der Waals surface area contributed by atoms with Gasteiger partial charge in [0.15, 0.2) is 0 Å². The minimum atomic E-state index is -0.537. The fourth-order valence-electron chi connectivity index (χ4n) is 3.03. The number of carbonyl (C=O) groups excluding carboxylic acids is 2. The Kier molecular flexibility index (Phi) is 5.08. The van der Waals surface area contributed by atoms with Gasteiger partial charge in [0.2, 0.25) is 5.91 Å². The molecule has 5 nitrogen and oxygen atoms in total. The number of rotatable bonds is 3. The van der Waals surface area contributed by atoms with Crippen LogP contribution in [0.1, 0.15) is 17.3 Å². The Balaban J connectivity index is 1.83. The molecular formula is C19H19BrN2O3. The first-order valence-electron chi connectivity index (χ1n) is 8.04. The van der Waals surface area contributed by atoms with Crippen LogP contribution in [0.25, 0.3) is 0 Å². The Hall–Kier alpha value is -2.34. The zero-order valence-electron chi connectivity index (χ0n) is 14.1. The molecule has 0 spiro atoms. The fraction of sp³-hybridized carbons (Fsp3) is 0.263. The molecule has 1 heterocycles. The summed E-state index contributed by atoms with van der Waals surface area (Å²) in [6, 6.07) is 14.1. The van der Waals surface area contributed by atoms with E-state index in [0.717, 1.165) is 10.2 Å². The molecule has 25 heavy (non-hydrogen) atoms. The van der Waals surface area contributed by atoms with Gasteiger partial charge in [0.25, 0.3) is 5.91 Å². The van der Waals surface area contributed by atoms with Crippen molar-refractivity contribution in [3.05, 3.63) is 58.6 Å². The van der Waals surface area contributed by atoms with Crippen LogP contribution in [-0.4, -0.2) is 43.0 Å². The van der Waals surface area contributed by atoms with Crippen molar-refractivity contribution in [2.45, 2.75) is 13.0 Å². The number of hydrogen-bond acceptors (Lipinski definition) is 3. The van der Waals surface area contributed by atoms with Crippen LogP contribution in [0, 0.1) is 0 Å². The molecule has 6 heteroatoms. The summed E-state index contributed by atoms with van der Waals surface area (Å²) in [5.74, 6) is 0.399. The van der Waals surface area contributed by atoms with Gasteiger partial charge in [-0.3, -0.25) is 9.59 Å². The van der Waals surface area contributed by atoms with Gasteiger partial charge < -0.3 is 14.5 Å². The molecule has 0 radical (unpaired) electrons. The van der Waals surface area contributed by atoms with E-state index in [2.05, 4.69) is 15.9 Å². The topological polar surface area (TPSA) is 49.9 Å². The molecule has 2 aromatic rings. The maximum Gasteiger partial charge on any atom is 0.254 e. The molecule has 2 aromatic carbocycles. The Bertz CT molecular complexity index is 809. The SMILES string of the molecule is COc1ccccc1N1CCN(C(=O)c2cccc(Br)c2)[C@H](C)C1=O. The number of benzene rings is 2. The van der Waals surface area contributed by atoms with Crippen molar-refractivity contribution in [3.8, 4) is 5.75 Å². The number of hydrogen-bond donors (Lipinski definition) is 0. The van der Waals surface area contributed by atoms with E-state index in [9.17, 15) is 9.59 Å². The number of ether oxygens (including phenoxy) is 1. The van der Waals surface area contributed by atoms with E-state index in [4.69, 9.17) is 4.74 Å². The highest BCUT2D eigenvalue weighted by Crippen LogP contribution is 2.30. The standard InChI is InChI=1S/C19H19BrN2O3/c1-13-18(23)22(16-8-3-4-9-17(16)25-2)11-10-21(13)19(24)14-6-5-7-15(20)12-14/h3-9,12-13H,10-11H2,1-2H3/t13-/m1/s1. The van der Waals surface area contributed by atoms with Gasteiger partial charge in [-0.2, -0.15) is 0 Å². The first kappa shape index (κ1) is 17.5. The molecule has 1 saturated heterocycles. The Morgan fingerprint density at radius 2 is 1.92 bits per heavy atom. The largest absolute Gasteiger partial charge is 0.495 e. The van der Waals surface area contributed by atoms with Crippen LogP contribution in [0.4, 0.5) is 5.69 Å². The van der Waals surface area contributed by atoms with Gasteiger partial charge in [-0.25, -0.2) is 0 Å². The summed E-state index contributed by atoms with van der Waals surface area (Å²) in [7, 11) is 1.58. The van der Waals surface area contributed by atoms with E-state index in [0.29, 0.717) is 24.4 Å². The summed E-state index contributed by atoms with van der Waals surface area (Å²) >= 11 is 3.38. The van der Waals surface area contributed by atoms with E-state index in [-0.39, 0.29) is 11.8 Å². The lowest BCUT2D eigenvalue weighted by atomic mass is 10.1. The number of methoxy groups -OCH3 is 1. The molecule has 2 amide bonds. The maximum atomic E-state index is 12.9. The zero-order valence-corrected chi connectivity index (χ0v) is 15.7. The van der Waals surface area contributed by atoms with Crippen LogP contribution in [0.15, 0.2) is 53.0 Å². The molecule has 0 bridgehead atoms. The van der Waals surface area contributed by atoms with Crippen LogP contribution < -0.4 is 9.64 Å². The summed E-state index contributed by atoms with van der Waals surface area (Å²) in [6.45, 7) is 2.67.